The van der Waals surface area contributed by atoms with Crippen LogP contribution in [-0.4, -0.2) is 24.4 Å². The Morgan fingerprint density at radius 3 is 2.23 bits per heavy atom. The van der Waals surface area contributed by atoms with Gasteiger partial charge in [-0.3, -0.25) is 9.69 Å². The lowest BCUT2D eigenvalue weighted by atomic mass is 10.0. The van der Waals surface area contributed by atoms with Crippen LogP contribution in [0, 0.1) is 0 Å². The number of amides is 1. The number of nitrogens with zero attached hydrogens (tertiary/aromatic N) is 1. The molecule has 0 spiro atoms. The van der Waals surface area contributed by atoms with Gasteiger partial charge in [-0.1, -0.05) is 67.6 Å². The molecule has 0 aliphatic heterocycles. The highest BCUT2D eigenvalue weighted by Crippen LogP contribution is 2.15. The van der Waals surface area contributed by atoms with Gasteiger partial charge in [0.1, 0.15) is 0 Å². The molecule has 1 atom stereocenters. The van der Waals surface area contributed by atoms with Crippen LogP contribution in [0.4, 0.5) is 0 Å². The first-order valence-corrected chi connectivity index (χ1v) is 7.75. The fourth-order valence-corrected chi connectivity index (χ4v) is 2.54. The Labute approximate surface area is 133 Å². The molecule has 0 saturated carbocycles. The van der Waals surface area contributed by atoms with E-state index in [1.807, 2.05) is 48.3 Å². The maximum atomic E-state index is 12.2. The lowest BCUT2D eigenvalue weighted by Crippen LogP contribution is -2.36. The van der Waals surface area contributed by atoms with Gasteiger partial charge in [0.15, 0.2) is 0 Å². The Balaban J connectivity index is 1.86. The maximum Gasteiger partial charge on any atom is 0.234 e. The van der Waals surface area contributed by atoms with E-state index >= 15 is 0 Å². The first kappa shape index (κ1) is 16.2. The van der Waals surface area contributed by atoms with Crippen LogP contribution < -0.4 is 5.32 Å². The van der Waals surface area contributed by atoms with Crippen molar-refractivity contribution in [1.82, 2.24) is 10.2 Å². The van der Waals surface area contributed by atoms with E-state index in [1.54, 1.807) is 0 Å². The Kier molecular flexibility index (Phi) is 6.16. The molecule has 2 rings (SSSR count). The molecule has 3 nitrogen and oxygen atoms in total. The van der Waals surface area contributed by atoms with E-state index in [-0.39, 0.29) is 11.9 Å². The Morgan fingerprint density at radius 2 is 1.64 bits per heavy atom. The third kappa shape index (κ3) is 5.01. The molecule has 0 aliphatic rings. The van der Waals surface area contributed by atoms with Crippen LogP contribution in [0.15, 0.2) is 60.7 Å². The number of likely N-dealkylation sites (N-methyl/N-ethyl adjacent to an activating group) is 1. The van der Waals surface area contributed by atoms with Crippen molar-refractivity contribution in [3.05, 3.63) is 71.8 Å². The van der Waals surface area contributed by atoms with Crippen molar-refractivity contribution in [2.75, 3.05) is 13.6 Å². The molecule has 1 unspecified atom stereocenters. The minimum Gasteiger partial charge on any atom is -0.348 e. The first-order valence-electron chi connectivity index (χ1n) is 7.75. The zero-order valence-corrected chi connectivity index (χ0v) is 13.3. The molecule has 0 aliphatic carbocycles. The summed E-state index contributed by atoms with van der Waals surface area (Å²) in [6, 6.07) is 20.4. The van der Waals surface area contributed by atoms with Crippen molar-refractivity contribution in [3.63, 3.8) is 0 Å². The van der Waals surface area contributed by atoms with E-state index in [0.717, 1.165) is 18.5 Å². The van der Waals surface area contributed by atoms with Gasteiger partial charge in [0.25, 0.3) is 0 Å². The number of hydrogen-bond acceptors (Lipinski definition) is 2. The van der Waals surface area contributed by atoms with Crippen LogP contribution in [0.1, 0.15) is 30.5 Å². The van der Waals surface area contributed by atoms with E-state index < -0.39 is 0 Å². The molecular formula is C19H24N2O. The summed E-state index contributed by atoms with van der Waals surface area (Å²) < 4.78 is 0. The maximum absolute atomic E-state index is 12.2. The van der Waals surface area contributed by atoms with Gasteiger partial charge in [-0.25, -0.2) is 0 Å². The minimum atomic E-state index is 0.0640. The number of carbonyl (C=O) groups excluding carboxylic acids is 1. The number of rotatable bonds is 7. The lowest BCUT2D eigenvalue weighted by Gasteiger charge is -2.21. The standard InChI is InChI=1S/C19H24N2O/c1-3-18(17-12-8-5-9-13-17)20-19(22)15-21(2)14-16-10-6-4-7-11-16/h4-13,18H,3,14-15H2,1-2H3,(H,20,22). The van der Waals surface area contributed by atoms with Gasteiger partial charge in [-0.15, -0.1) is 0 Å². The van der Waals surface area contributed by atoms with Crippen molar-refractivity contribution >= 4 is 5.91 Å². The third-order valence-corrected chi connectivity index (χ3v) is 3.65. The molecule has 0 aromatic heterocycles. The van der Waals surface area contributed by atoms with Crippen LogP contribution in [0.25, 0.3) is 0 Å². The summed E-state index contributed by atoms with van der Waals surface area (Å²) in [7, 11) is 1.97. The number of benzene rings is 2. The van der Waals surface area contributed by atoms with Gasteiger partial charge in [-0.05, 0) is 24.6 Å². The van der Waals surface area contributed by atoms with E-state index in [4.69, 9.17) is 0 Å². The molecule has 0 radical (unpaired) electrons. The average molecular weight is 296 g/mol. The highest BCUT2D eigenvalue weighted by atomic mass is 16.2. The molecule has 0 bridgehead atoms. The smallest absolute Gasteiger partial charge is 0.234 e. The zero-order valence-electron chi connectivity index (χ0n) is 13.3. The summed E-state index contributed by atoms with van der Waals surface area (Å²) in [5.74, 6) is 0.0640. The predicted molar refractivity (Wildman–Crippen MR) is 90.4 cm³/mol. The van der Waals surface area contributed by atoms with Gasteiger partial charge in [0, 0.05) is 6.54 Å². The van der Waals surface area contributed by atoms with Crippen molar-refractivity contribution in [1.29, 1.82) is 0 Å². The molecule has 0 fully saturated rings. The highest BCUT2D eigenvalue weighted by Gasteiger charge is 2.13. The molecule has 2 aromatic rings. The molecular weight excluding hydrogens is 272 g/mol. The van der Waals surface area contributed by atoms with Gasteiger partial charge in [0.05, 0.1) is 12.6 Å². The van der Waals surface area contributed by atoms with Crippen LogP contribution in [0.2, 0.25) is 0 Å². The Bertz CT molecular complexity index is 569. The highest BCUT2D eigenvalue weighted by molar-refractivity contribution is 5.78. The summed E-state index contributed by atoms with van der Waals surface area (Å²) in [5, 5.41) is 3.12. The molecule has 3 heteroatoms. The molecule has 0 saturated heterocycles. The summed E-state index contributed by atoms with van der Waals surface area (Å²) in [6.07, 6.45) is 0.887. The van der Waals surface area contributed by atoms with Gasteiger partial charge >= 0.3 is 0 Å². The monoisotopic (exact) mass is 296 g/mol. The second-order valence-electron chi connectivity index (χ2n) is 5.60. The fraction of sp³-hybridized carbons (Fsp3) is 0.316. The first-order chi connectivity index (χ1) is 10.7. The van der Waals surface area contributed by atoms with Crippen molar-refractivity contribution in [3.8, 4) is 0 Å². The van der Waals surface area contributed by atoms with Crippen LogP contribution in [-0.2, 0) is 11.3 Å². The number of nitrogens with one attached hydrogen (secondary N) is 1. The quantitative estimate of drug-likeness (QED) is 0.849. The molecule has 116 valence electrons. The average Bonchev–Trinajstić information content (AvgIpc) is 2.54. The van der Waals surface area contributed by atoms with Crippen LogP contribution in [0.3, 0.4) is 0 Å². The van der Waals surface area contributed by atoms with Gasteiger partial charge in [-0.2, -0.15) is 0 Å². The van der Waals surface area contributed by atoms with Crippen molar-refractivity contribution in [2.24, 2.45) is 0 Å². The molecule has 1 N–H and O–H groups in total. The second kappa shape index (κ2) is 8.35. The Morgan fingerprint density at radius 1 is 1.05 bits per heavy atom. The summed E-state index contributed by atoms with van der Waals surface area (Å²) in [6.45, 7) is 3.26. The molecule has 1 amide bonds. The van der Waals surface area contributed by atoms with E-state index in [1.165, 1.54) is 5.56 Å². The van der Waals surface area contributed by atoms with E-state index in [9.17, 15) is 4.79 Å². The zero-order chi connectivity index (χ0) is 15.8. The third-order valence-electron chi connectivity index (χ3n) is 3.65. The lowest BCUT2D eigenvalue weighted by molar-refractivity contribution is -0.122. The van der Waals surface area contributed by atoms with E-state index in [0.29, 0.717) is 6.54 Å². The summed E-state index contributed by atoms with van der Waals surface area (Å²) in [4.78, 5) is 14.3. The number of hydrogen-bond donors (Lipinski definition) is 1. The van der Waals surface area contributed by atoms with Crippen LogP contribution >= 0.6 is 0 Å². The normalized spacial score (nSPS) is 12.1. The van der Waals surface area contributed by atoms with Gasteiger partial charge in [0.2, 0.25) is 5.91 Å². The Hall–Kier alpha value is -2.13. The van der Waals surface area contributed by atoms with Crippen LogP contribution in [0.5, 0.6) is 0 Å². The van der Waals surface area contributed by atoms with E-state index in [2.05, 4.69) is 36.5 Å². The summed E-state index contributed by atoms with van der Waals surface area (Å²) in [5.41, 5.74) is 2.37. The topological polar surface area (TPSA) is 32.3 Å². The summed E-state index contributed by atoms with van der Waals surface area (Å²) >= 11 is 0. The molecule has 22 heavy (non-hydrogen) atoms. The molecule has 2 aromatic carbocycles. The van der Waals surface area contributed by atoms with Gasteiger partial charge < -0.3 is 5.32 Å². The number of carbonyl (C=O) groups is 1. The molecule has 0 heterocycles. The predicted octanol–water partition coefficient (Wildman–Crippen LogP) is 3.39. The van der Waals surface area contributed by atoms with Crippen molar-refractivity contribution in [2.45, 2.75) is 25.9 Å². The van der Waals surface area contributed by atoms with Crippen molar-refractivity contribution < 1.29 is 4.79 Å². The second-order valence-corrected chi connectivity index (χ2v) is 5.60. The minimum absolute atomic E-state index is 0.0640. The SMILES string of the molecule is CCC(NC(=O)CN(C)Cc1ccccc1)c1ccccc1. The largest absolute Gasteiger partial charge is 0.348 e. The fourth-order valence-electron chi connectivity index (χ4n) is 2.54.